The highest BCUT2D eigenvalue weighted by atomic mass is 16.5. The standard InChI is InChI=1S/C9H17NO2/c1-3-12-9(11)8-6-10-5-4-7(8)2/h7-8,10H,3-6H2,1-2H3/t7-,8-/m1/s1. The van der Waals surface area contributed by atoms with E-state index in [9.17, 15) is 4.79 Å². The molecule has 70 valence electrons. The fraction of sp³-hybridized carbons (Fsp3) is 0.889. The molecule has 0 aliphatic carbocycles. The molecular formula is C9H17NO2. The molecule has 3 nitrogen and oxygen atoms in total. The van der Waals surface area contributed by atoms with Crippen molar-refractivity contribution < 1.29 is 9.53 Å². The van der Waals surface area contributed by atoms with Gasteiger partial charge in [-0.1, -0.05) is 6.92 Å². The average molecular weight is 171 g/mol. The maximum Gasteiger partial charge on any atom is 0.310 e. The first kappa shape index (κ1) is 9.52. The minimum Gasteiger partial charge on any atom is -0.466 e. The number of carbonyl (C=O) groups excluding carboxylic acids is 1. The SMILES string of the molecule is CCOC(=O)[C@@H]1CNCC[C@H]1C. The smallest absolute Gasteiger partial charge is 0.310 e. The molecular weight excluding hydrogens is 154 g/mol. The van der Waals surface area contributed by atoms with Gasteiger partial charge in [0.05, 0.1) is 12.5 Å². The largest absolute Gasteiger partial charge is 0.466 e. The number of hydrogen-bond donors (Lipinski definition) is 1. The third-order valence-corrected chi connectivity index (χ3v) is 2.42. The molecule has 1 fully saturated rings. The van der Waals surface area contributed by atoms with Gasteiger partial charge in [-0.15, -0.1) is 0 Å². The number of esters is 1. The topological polar surface area (TPSA) is 38.3 Å². The van der Waals surface area contributed by atoms with E-state index in [2.05, 4.69) is 12.2 Å². The summed E-state index contributed by atoms with van der Waals surface area (Å²) in [5.74, 6) is 0.487. The second-order valence-corrected chi connectivity index (χ2v) is 3.33. The minimum atomic E-state index is -0.0443. The van der Waals surface area contributed by atoms with Crippen LogP contribution in [-0.2, 0) is 9.53 Å². The highest BCUT2D eigenvalue weighted by Gasteiger charge is 2.28. The molecule has 1 N–H and O–H groups in total. The van der Waals surface area contributed by atoms with E-state index in [4.69, 9.17) is 4.74 Å². The molecule has 1 saturated heterocycles. The van der Waals surface area contributed by atoms with E-state index in [0.717, 1.165) is 19.5 Å². The zero-order valence-electron chi connectivity index (χ0n) is 7.80. The normalized spacial score (nSPS) is 29.8. The minimum absolute atomic E-state index is 0.0443. The molecule has 0 saturated carbocycles. The van der Waals surface area contributed by atoms with Crippen LogP contribution in [0.3, 0.4) is 0 Å². The first-order valence-electron chi connectivity index (χ1n) is 4.63. The molecule has 1 aliphatic heterocycles. The van der Waals surface area contributed by atoms with Gasteiger partial charge in [-0.25, -0.2) is 0 Å². The van der Waals surface area contributed by atoms with Gasteiger partial charge >= 0.3 is 5.97 Å². The van der Waals surface area contributed by atoms with Crippen molar-refractivity contribution in [3.05, 3.63) is 0 Å². The van der Waals surface area contributed by atoms with Crippen molar-refractivity contribution >= 4 is 5.97 Å². The van der Waals surface area contributed by atoms with Gasteiger partial charge in [0.1, 0.15) is 0 Å². The molecule has 0 aromatic heterocycles. The highest BCUT2D eigenvalue weighted by molar-refractivity contribution is 5.73. The molecule has 0 unspecified atom stereocenters. The van der Waals surface area contributed by atoms with E-state index in [0.29, 0.717) is 12.5 Å². The Labute approximate surface area is 73.5 Å². The molecule has 0 radical (unpaired) electrons. The summed E-state index contributed by atoms with van der Waals surface area (Å²) >= 11 is 0. The monoisotopic (exact) mass is 171 g/mol. The van der Waals surface area contributed by atoms with E-state index in [1.54, 1.807) is 0 Å². The van der Waals surface area contributed by atoms with E-state index < -0.39 is 0 Å². The highest BCUT2D eigenvalue weighted by Crippen LogP contribution is 2.19. The molecule has 0 aromatic rings. The third-order valence-electron chi connectivity index (χ3n) is 2.42. The first-order chi connectivity index (χ1) is 5.75. The van der Waals surface area contributed by atoms with Crippen LogP contribution in [0.15, 0.2) is 0 Å². The summed E-state index contributed by atoms with van der Waals surface area (Å²) in [6, 6.07) is 0. The number of rotatable bonds is 2. The van der Waals surface area contributed by atoms with Crippen LogP contribution in [0.1, 0.15) is 20.3 Å². The summed E-state index contributed by atoms with van der Waals surface area (Å²) in [6.07, 6.45) is 1.07. The Balaban J connectivity index is 2.42. The van der Waals surface area contributed by atoms with E-state index in [-0.39, 0.29) is 11.9 Å². The Morgan fingerprint density at radius 3 is 3.00 bits per heavy atom. The van der Waals surface area contributed by atoms with Crippen molar-refractivity contribution in [1.29, 1.82) is 0 Å². The number of carbonyl (C=O) groups is 1. The Hall–Kier alpha value is -0.570. The first-order valence-corrected chi connectivity index (χ1v) is 4.63. The van der Waals surface area contributed by atoms with Gasteiger partial charge in [0, 0.05) is 6.54 Å². The van der Waals surface area contributed by atoms with Crippen molar-refractivity contribution in [1.82, 2.24) is 5.32 Å². The molecule has 0 bridgehead atoms. The number of ether oxygens (including phenoxy) is 1. The number of hydrogen-bond acceptors (Lipinski definition) is 3. The van der Waals surface area contributed by atoms with Crippen LogP contribution in [-0.4, -0.2) is 25.7 Å². The lowest BCUT2D eigenvalue weighted by Crippen LogP contribution is -2.40. The predicted octanol–water partition coefficient (Wildman–Crippen LogP) is 0.795. The van der Waals surface area contributed by atoms with Crippen LogP contribution in [0.4, 0.5) is 0 Å². The Morgan fingerprint density at radius 1 is 1.67 bits per heavy atom. The summed E-state index contributed by atoms with van der Waals surface area (Å²) < 4.78 is 4.97. The molecule has 12 heavy (non-hydrogen) atoms. The maximum absolute atomic E-state index is 11.3. The molecule has 1 heterocycles. The van der Waals surface area contributed by atoms with Gasteiger partial charge in [0.25, 0.3) is 0 Å². The Morgan fingerprint density at radius 2 is 2.42 bits per heavy atom. The molecule has 1 rings (SSSR count). The molecule has 3 heteroatoms. The van der Waals surface area contributed by atoms with E-state index in [1.807, 2.05) is 6.92 Å². The molecule has 0 amide bonds. The lowest BCUT2D eigenvalue weighted by molar-refractivity contribution is -0.150. The molecule has 0 aromatic carbocycles. The zero-order valence-corrected chi connectivity index (χ0v) is 7.80. The summed E-state index contributed by atoms with van der Waals surface area (Å²) in [7, 11) is 0. The lowest BCUT2D eigenvalue weighted by Gasteiger charge is -2.27. The number of piperidine rings is 1. The van der Waals surface area contributed by atoms with Crippen LogP contribution in [0.5, 0.6) is 0 Å². The van der Waals surface area contributed by atoms with Crippen LogP contribution in [0.25, 0.3) is 0 Å². The zero-order chi connectivity index (χ0) is 8.97. The lowest BCUT2D eigenvalue weighted by atomic mass is 9.88. The average Bonchev–Trinajstić information content (AvgIpc) is 2.05. The molecule has 0 spiro atoms. The van der Waals surface area contributed by atoms with Gasteiger partial charge in [-0.2, -0.15) is 0 Å². The van der Waals surface area contributed by atoms with Crippen molar-refractivity contribution in [3.8, 4) is 0 Å². The van der Waals surface area contributed by atoms with Crippen LogP contribution >= 0.6 is 0 Å². The van der Waals surface area contributed by atoms with E-state index >= 15 is 0 Å². The van der Waals surface area contributed by atoms with Crippen LogP contribution in [0, 0.1) is 11.8 Å². The second kappa shape index (κ2) is 4.45. The maximum atomic E-state index is 11.3. The fourth-order valence-electron chi connectivity index (χ4n) is 1.55. The van der Waals surface area contributed by atoms with Crippen LogP contribution in [0.2, 0.25) is 0 Å². The summed E-state index contributed by atoms with van der Waals surface area (Å²) in [5, 5.41) is 3.20. The third kappa shape index (κ3) is 2.21. The van der Waals surface area contributed by atoms with Gasteiger partial charge in [0.2, 0.25) is 0 Å². The Bertz CT molecular complexity index is 159. The van der Waals surface area contributed by atoms with Gasteiger partial charge in [-0.05, 0) is 25.8 Å². The Kier molecular flexibility index (Phi) is 3.53. The van der Waals surface area contributed by atoms with Crippen LogP contribution < -0.4 is 5.32 Å². The quantitative estimate of drug-likeness (QED) is 0.624. The van der Waals surface area contributed by atoms with Gasteiger partial charge in [0.15, 0.2) is 0 Å². The van der Waals surface area contributed by atoms with Gasteiger partial charge in [-0.3, -0.25) is 4.79 Å². The van der Waals surface area contributed by atoms with Crippen molar-refractivity contribution in [2.24, 2.45) is 11.8 Å². The molecule has 1 aliphatic rings. The summed E-state index contributed by atoms with van der Waals surface area (Å²) in [6.45, 7) is 6.25. The van der Waals surface area contributed by atoms with E-state index in [1.165, 1.54) is 0 Å². The van der Waals surface area contributed by atoms with Gasteiger partial charge < -0.3 is 10.1 Å². The van der Waals surface area contributed by atoms with Crippen molar-refractivity contribution in [3.63, 3.8) is 0 Å². The fourth-order valence-corrected chi connectivity index (χ4v) is 1.55. The predicted molar refractivity (Wildman–Crippen MR) is 46.8 cm³/mol. The summed E-state index contributed by atoms with van der Waals surface area (Å²) in [5.41, 5.74) is 0. The molecule has 2 atom stereocenters. The van der Waals surface area contributed by atoms with Crippen molar-refractivity contribution in [2.75, 3.05) is 19.7 Å². The number of nitrogens with one attached hydrogen (secondary N) is 1. The second-order valence-electron chi connectivity index (χ2n) is 3.33. The summed E-state index contributed by atoms with van der Waals surface area (Å²) in [4.78, 5) is 11.3. The van der Waals surface area contributed by atoms with Crippen molar-refractivity contribution in [2.45, 2.75) is 20.3 Å².